The molecule has 0 rings (SSSR count). The molecule has 90 valence electrons. The van der Waals surface area contributed by atoms with Gasteiger partial charge in [-0.1, -0.05) is 0 Å². The van der Waals surface area contributed by atoms with Gasteiger partial charge in [-0.25, -0.2) is 0 Å². The molecule has 0 aromatic carbocycles. The molecule has 3 nitrogen and oxygen atoms in total. The van der Waals surface area contributed by atoms with Crippen LogP contribution in [0.5, 0.6) is 0 Å². The number of carbonyl (C=O) groups excluding carboxylic acids is 1. The monoisotopic (exact) mass is 234 g/mol. The van der Waals surface area contributed by atoms with Crippen LogP contribution in [0, 0.1) is 0 Å². The Hall–Kier alpha value is -0.920. The first-order valence-electron chi connectivity index (χ1n) is 4.11. The van der Waals surface area contributed by atoms with Crippen molar-refractivity contribution in [1.29, 1.82) is 0 Å². The molecule has 0 bridgehead atoms. The lowest BCUT2D eigenvalue weighted by Crippen LogP contribution is -2.50. The molecular weight excluding hydrogens is 223 g/mol. The zero-order valence-electron chi connectivity index (χ0n) is 7.92. The zero-order chi connectivity index (χ0) is 12.1. The van der Waals surface area contributed by atoms with Gasteiger partial charge >= 0.3 is 12.1 Å². The van der Waals surface area contributed by atoms with Gasteiger partial charge in [-0.2, -0.15) is 22.0 Å². The predicted molar refractivity (Wildman–Crippen MR) is 42.6 cm³/mol. The quantitative estimate of drug-likeness (QED) is 0.548. The lowest BCUT2D eigenvalue weighted by Gasteiger charge is -2.18. The Morgan fingerprint density at radius 3 is 2.07 bits per heavy atom. The van der Waals surface area contributed by atoms with Crippen molar-refractivity contribution < 1.29 is 26.7 Å². The van der Waals surface area contributed by atoms with Crippen LogP contribution in [0.25, 0.3) is 0 Å². The van der Waals surface area contributed by atoms with E-state index >= 15 is 0 Å². The summed E-state index contributed by atoms with van der Waals surface area (Å²) in [7, 11) is 1.59. The second kappa shape index (κ2) is 5.24. The predicted octanol–water partition coefficient (Wildman–Crippen LogP) is 0.910. The first kappa shape index (κ1) is 14.1. The lowest BCUT2D eigenvalue weighted by atomic mass is 10.3. The molecule has 0 aliphatic carbocycles. The topological polar surface area (TPSA) is 41.1 Å². The summed E-state index contributed by atoms with van der Waals surface area (Å²) in [6.07, 6.45) is -5.57. The molecule has 0 aromatic rings. The molecule has 15 heavy (non-hydrogen) atoms. The van der Waals surface area contributed by atoms with Gasteiger partial charge in [0.25, 0.3) is 5.91 Å². The number of alkyl halides is 5. The molecule has 0 aliphatic heterocycles. The van der Waals surface area contributed by atoms with Crippen molar-refractivity contribution in [3.63, 3.8) is 0 Å². The second-order valence-electron chi connectivity index (χ2n) is 2.79. The highest BCUT2D eigenvalue weighted by molar-refractivity contribution is 5.84. The number of hydrogen-bond donors (Lipinski definition) is 2. The van der Waals surface area contributed by atoms with Gasteiger partial charge in [-0.15, -0.1) is 0 Å². The van der Waals surface area contributed by atoms with Crippen molar-refractivity contribution in [3.05, 3.63) is 0 Å². The van der Waals surface area contributed by atoms with Gasteiger partial charge in [0.2, 0.25) is 0 Å². The van der Waals surface area contributed by atoms with E-state index in [-0.39, 0.29) is 13.0 Å². The number of hydrogen-bond acceptors (Lipinski definition) is 2. The van der Waals surface area contributed by atoms with E-state index in [2.05, 4.69) is 5.32 Å². The van der Waals surface area contributed by atoms with E-state index in [0.29, 0.717) is 6.54 Å². The van der Waals surface area contributed by atoms with Crippen LogP contribution in [0.4, 0.5) is 22.0 Å². The molecule has 0 saturated carbocycles. The third kappa shape index (κ3) is 3.98. The van der Waals surface area contributed by atoms with Crippen molar-refractivity contribution in [3.8, 4) is 0 Å². The molecular formula is C7H11F5N2O. The van der Waals surface area contributed by atoms with Gasteiger partial charge in [0.05, 0.1) is 0 Å². The number of amides is 1. The van der Waals surface area contributed by atoms with Crippen LogP contribution in [-0.2, 0) is 4.79 Å². The minimum absolute atomic E-state index is 0.231. The summed E-state index contributed by atoms with van der Waals surface area (Å²) in [4.78, 5) is 10.5. The van der Waals surface area contributed by atoms with Gasteiger partial charge in [0, 0.05) is 6.54 Å². The van der Waals surface area contributed by atoms with E-state index in [0.717, 1.165) is 0 Å². The fraction of sp³-hybridized carbons (Fsp3) is 0.857. The molecule has 0 aliphatic rings. The van der Waals surface area contributed by atoms with Crippen molar-refractivity contribution in [2.75, 3.05) is 20.1 Å². The highest BCUT2D eigenvalue weighted by Crippen LogP contribution is 2.35. The third-order valence-electron chi connectivity index (χ3n) is 1.53. The van der Waals surface area contributed by atoms with Crippen molar-refractivity contribution in [2.24, 2.45) is 0 Å². The molecule has 0 spiro atoms. The normalized spacial score (nSPS) is 12.7. The van der Waals surface area contributed by atoms with Crippen molar-refractivity contribution in [1.82, 2.24) is 10.6 Å². The van der Waals surface area contributed by atoms with E-state index < -0.39 is 18.0 Å². The summed E-state index contributed by atoms with van der Waals surface area (Å²) >= 11 is 0. The molecule has 0 aromatic heterocycles. The minimum atomic E-state index is -5.85. The van der Waals surface area contributed by atoms with E-state index in [4.69, 9.17) is 0 Å². The van der Waals surface area contributed by atoms with Crippen LogP contribution >= 0.6 is 0 Å². The Kier molecular flexibility index (Phi) is 4.92. The summed E-state index contributed by atoms with van der Waals surface area (Å²) in [5.41, 5.74) is 0. The summed E-state index contributed by atoms with van der Waals surface area (Å²) in [5.74, 6) is -7.64. The van der Waals surface area contributed by atoms with Crippen LogP contribution in [0.2, 0.25) is 0 Å². The number of halogens is 5. The first-order valence-corrected chi connectivity index (χ1v) is 4.11. The fourth-order valence-corrected chi connectivity index (χ4v) is 0.707. The molecule has 1 amide bonds. The van der Waals surface area contributed by atoms with E-state index in [9.17, 15) is 26.7 Å². The highest BCUT2D eigenvalue weighted by atomic mass is 19.4. The van der Waals surface area contributed by atoms with E-state index in [1.807, 2.05) is 0 Å². The summed E-state index contributed by atoms with van der Waals surface area (Å²) in [6, 6.07) is 0. The SMILES string of the molecule is CNCCCNC(=O)C(F)(F)C(F)(F)F. The Morgan fingerprint density at radius 1 is 1.13 bits per heavy atom. The van der Waals surface area contributed by atoms with Gasteiger partial charge in [-0.3, -0.25) is 4.79 Å². The Labute approximate surface area is 83.0 Å². The summed E-state index contributed by atoms with van der Waals surface area (Å²) < 4.78 is 59.5. The molecule has 0 unspecified atom stereocenters. The minimum Gasteiger partial charge on any atom is -0.351 e. The van der Waals surface area contributed by atoms with Crippen LogP contribution in [0.15, 0.2) is 0 Å². The van der Waals surface area contributed by atoms with Crippen LogP contribution in [0.3, 0.4) is 0 Å². The maximum absolute atomic E-state index is 12.3. The van der Waals surface area contributed by atoms with Gasteiger partial charge in [-0.05, 0) is 20.0 Å². The van der Waals surface area contributed by atoms with E-state index in [1.54, 1.807) is 7.05 Å². The Bertz CT molecular complexity index is 216. The average Bonchev–Trinajstić information content (AvgIpc) is 2.10. The van der Waals surface area contributed by atoms with Crippen LogP contribution < -0.4 is 10.6 Å². The molecule has 0 atom stereocenters. The first-order chi connectivity index (χ1) is 6.73. The number of nitrogens with one attached hydrogen (secondary N) is 2. The number of carbonyl (C=O) groups is 1. The Balaban J connectivity index is 4.10. The van der Waals surface area contributed by atoms with Gasteiger partial charge < -0.3 is 10.6 Å². The molecule has 0 heterocycles. The highest BCUT2D eigenvalue weighted by Gasteiger charge is 2.63. The van der Waals surface area contributed by atoms with E-state index in [1.165, 1.54) is 5.32 Å². The fourth-order valence-electron chi connectivity index (χ4n) is 0.707. The van der Waals surface area contributed by atoms with Crippen LogP contribution in [-0.4, -0.2) is 38.1 Å². The maximum atomic E-state index is 12.3. The van der Waals surface area contributed by atoms with Crippen molar-refractivity contribution in [2.45, 2.75) is 18.5 Å². The molecule has 8 heteroatoms. The van der Waals surface area contributed by atoms with Crippen LogP contribution in [0.1, 0.15) is 6.42 Å². The summed E-state index contributed by atoms with van der Waals surface area (Å²) in [5, 5.41) is 4.16. The summed E-state index contributed by atoms with van der Waals surface area (Å²) in [6.45, 7) is 0.184. The zero-order valence-corrected chi connectivity index (χ0v) is 7.92. The second-order valence-corrected chi connectivity index (χ2v) is 2.79. The largest absolute Gasteiger partial charge is 0.463 e. The number of rotatable bonds is 5. The third-order valence-corrected chi connectivity index (χ3v) is 1.53. The molecule has 0 fully saturated rings. The molecule has 2 N–H and O–H groups in total. The standard InChI is InChI=1S/C7H11F5N2O/c1-13-3-2-4-14-5(15)6(8,9)7(10,11)12/h13H,2-4H2,1H3,(H,14,15). The average molecular weight is 234 g/mol. The molecule has 0 saturated heterocycles. The maximum Gasteiger partial charge on any atom is 0.463 e. The van der Waals surface area contributed by atoms with Gasteiger partial charge in [0.15, 0.2) is 0 Å². The lowest BCUT2D eigenvalue weighted by molar-refractivity contribution is -0.269. The smallest absolute Gasteiger partial charge is 0.351 e. The van der Waals surface area contributed by atoms with Gasteiger partial charge in [0.1, 0.15) is 0 Å². The molecule has 0 radical (unpaired) electrons. The van der Waals surface area contributed by atoms with Crippen molar-refractivity contribution >= 4 is 5.91 Å². The Morgan fingerprint density at radius 2 is 1.67 bits per heavy atom.